The molecule has 3 rings (SSSR count). The minimum absolute atomic E-state index is 0.0196. The number of halogens is 1. The predicted octanol–water partition coefficient (Wildman–Crippen LogP) is 3.90. The SMILES string of the molecule is Cc1ccccc1C(CCl)CCS(=O)(=O)Nc1cccc(N2CCN(C)CC2)c1. The average Bonchev–Trinajstić information content (AvgIpc) is 2.70. The van der Waals surface area contributed by atoms with Crippen molar-refractivity contribution in [2.24, 2.45) is 0 Å². The third-order valence-electron chi connectivity index (χ3n) is 5.54. The first-order chi connectivity index (χ1) is 13.9. The van der Waals surface area contributed by atoms with Gasteiger partial charge in [-0.05, 0) is 55.6 Å². The molecule has 0 spiro atoms. The van der Waals surface area contributed by atoms with Gasteiger partial charge in [-0.1, -0.05) is 30.3 Å². The van der Waals surface area contributed by atoms with Gasteiger partial charge in [0.2, 0.25) is 10.0 Å². The Labute approximate surface area is 179 Å². The van der Waals surface area contributed by atoms with Gasteiger partial charge in [0, 0.05) is 37.7 Å². The summed E-state index contributed by atoms with van der Waals surface area (Å²) in [5, 5.41) is 0. The minimum atomic E-state index is -3.45. The fourth-order valence-corrected chi connectivity index (χ4v) is 5.22. The Morgan fingerprint density at radius 2 is 1.79 bits per heavy atom. The molecule has 0 aromatic heterocycles. The summed E-state index contributed by atoms with van der Waals surface area (Å²) in [5.41, 5.74) is 3.93. The van der Waals surface area contributed by atoms with Crippen molar-refractivity contribution in [3.05, 3.63) is 59.7 Å². The van der Waals surface area contributed by atoms with Crippen LogP contribution in [-0.2, 0) is 10.0 Å². The van der Waals surface area contributed by atoms with Crippen LogP contribution >= 0.6 is 11.6 Å². The second-order valence-electron chi connectivity index (χ2n) is 7.76. The molecule has 0 radical (unpaired) electrons. The van der Waals surface area contributed by atoms with E-state index in [9.17, 15) is 8.42 Å². The van der Waals surface area contributed by atoms with Crippen LogP contribution in [0.4, 0.5) is 11.4 Å². The van der Waals surface area contributed by atoms with Crippen LogP contribution in [0.5, 0.6) is 0 Å². The van der Waals surface area contributed by atoms with Crippen LogP contribution in [-0.4, -0.2) is 58.2 Å². The molecule has 2 aromatic carbocycles. The lowest BCUT2D eigenvalue weighted by Crippen LogP contribution is -2.44. The molecule has 1 atom stereocenters. The number of hydrogen-bond donors (Lipinski definition) is 1. The van der Waals surface area contributed by atoms with Crippen molar-refractivity contribution in [1.82, 2.24) is 4.90 Å². The average molecular weight is 436 g/mol. The van der Waals surface area contributed by atoms with E-state index in [0.29, 0.717) is 18.0 Å². The minimum Gasteiger partial charge on any atom is -0.369 e. The van der Waals surface area contributed by atoms with Crippen LogP contribution in [0, 0.1) is 6.92 Å². The number of nitrogens with one attached hydrogen (secondary N) is 1. The standard InChI is InChI=1S/C22H30ClN3O2S/c1-18-6-3-4-9-22(18)19(17-23)10-15-29(27,28)24-20-7-5-8-21(16-20)26-13-11-25(2)12-14-26/h3-9,16,19,24H,10-15,17H2,1-2H3. The number of aryl methyl sites for hydroxylation is 1. The molecular formula is C22H30ClN3O2S. The molecule has 0 saturated carbocycles. The summed E-state index contributed by atoms with van der Waals surface area (Å²) in [4.78, 5) is 4.59. The van der Waals surface area contributed by atoms with E-state index < -0.39 is 10.0 Å². The molecule has 29 heavy (non-hydrogen) atoms. The predicted molar refractivity (Wildman–Crippen MR) is 123 cm³/mol. The topological polar surface area (TPSA) is 52.7 Å². The molecule has 0 amide bonds. The first kappa shape index (κ1) is 21.9. The van der Waals surface area contributed by atoms with Gasteiger partial charge in [-0.15, -0.1) is 11.6 Å². The second-order valence-corrected chi connectivity index (χ2v) is 9.91. The Bertz CT molecular complexity index is 912. The molecule has 1 aliphatic heterocycles. The molecule has 1 N–H and O–H groups in total. The van der Waals surface area contributed by atoms with Gasteiger partial charge < -0.3 is 9.80 Å². The Morgan fingerprint density at radius 1 is 1.07 bits per heavy atom. The van der Waals surface area contributed by atoms with Gasteiger partial charge in [-0.3, -0.25) is 4.72 Å². The van der Waals surface area contributed by atoms with Gasteiger partial charge in [0.15, 0.2) is 0 Å². The number of sulfonamides is 1. The van der Waals surface area contributed by atoms with Crippen molar-refractivity contribution in [3.8, 4) is 0 Å². The van der Waals surface area contributed by atoms with E-state index in [1.165, 1.54) is 0 Å². The summed E-state index contributed by atoms with van der Waals surface area (Å²) in [6.07, 6.45) is 0.488. The summed E-state index contributed by atoms with van der Waals surface area (Å²) in [6, 6.07) is 15.7. The molecule has 1 heterocycles. The number of piperazine rings is 1. The summed E-state index contributed by atoms with van der Waals surface area (Å²) in [7, 11) is -1.33. The van der Waals surface area contributed by atoms with Crippen LogP contribution in [0.1, 0.15) is 23.5 Å². The fourth-order valence-electron chi connectivity index (χ4n) is 3.72. The van der Waals surface area contributed by atoms with E-state index in [4.69, 9.17) is 11.6 Å². The van der Waals surface area contributed by atoms with Gasteiger partial charge in [0.25, 0.3) is 0 Å². The highest BCUT2D eigenvalue weighted by Gasteiger charge is 2.19. The number of anilines is 2. The molecule has 158 valence electrons. The van der Waals surface area contributed by atoms with Gasteiger partial charge >= 0.3 is 0 Å². The van der Waals surface area contributed by atoms with E-state index in [1.54, 1.807) is 6.07 Å². The Balaban J connectivity index is 1.63. The summed E-state index contributed by atoms with van der Waals surface area (Å²) in [6.45, 7) is 5.94. The fraction of sp³-hybridized carbons (Fsp3) is 0.455. The Kier molecular flexibility index (Phi) is 7.44. The van der Waals surface area contributed by atoms with E-state index >= 15 is 0 Å². The molecule has 5 nitrogen and oxygen atoms in total. The maximum Gasteiger partial charge on any atom is 0.232 e. The summed E-state index contributed by atoms with van der Waals surface area (Å²) < 4.78 is 28.1. The largest absolute Gasteiger partial charge is 0.369 e. The number of hydrogen-bond acceptors (Lipinski definition) is 4. The van der Waals surface area contributed by atoms with Crippen LogP contribution in [0.25, 0.3) is 0 Å². The highest BCUT2D eigenvalue weighted by molar-refractivity contribution is 7.92. The maximum atomic E-state index is 12.7. The highest BCUT2D eigenvalue weighted by Crippen LogP contribution is 2.26. The first-order valence-corrected chi connectivity index (χ1v) is 12.2. The molecule has 1 unspecified atom stereocenters. The number of likely N-dealkylation sites (N-methyl/N-ethyl adjacent to an activating group) is 1. The second kappa shape index (κ2) is 9.83. The molecule has 0 bridgehead atoms. The van der Waals surface area contributed by atoms with Gasteiger partial charge in [0.05, 0.1) is 11.4 Å². The van der Waals surface area contributed by atoms with Crippen molar-refractivity contribution < 1.29 is 8.42 Å². The molecule has 2 aromatic rings. The monoisotopic (exact) mass is 435 g/mol. The summed E-state index contributed by atoms with van der Waals surface area (Å²) >= 11 is 6.16. The normalized spacial score (nSPS) is 16.6. The van der Waals surface area contributed by atoms with Crippen LogP contribution in [0.15, 0.2) is 48.5 Å². The maximum absolute atomic E-state index is 12.7. The molecule has 1 saturated heterocycles. The molecule has 0 aliphatic carbocycles. The number of rotatable bonds is 8. The van der Waals surface area contributed by atoms with Crippen LogP contribution < -0.4 is 9.62 Å². The van der Waals surface area contributed by atoms with Crippen molar-refractivity contribution in [2.75, 3.05) is 54.5 Å². The lowest BCUT2D eigenvalue weighted by Gasteiger charge is -2.34. The van der Waals surface area contributed by atoms with Gasteiger partial charge in [0.1, 0.15) is 0 Å². The number of benzene rings is 2. The Morgan fingerprint density at radius 3 is 2.48 bits per heavy atom. The third-order valence-corrected chi connectivity index (χ3v) is 7.23. The van der Waals surface area contributed by atoms with Crippen molar-refractivity contribution in [1.29, 1.82) is 0 Å². The van der Waals surface area contributed by atoms with E-state index in [1.807, 2.05) is 49.4 Å². The number of nitrogens with zero attached hydrogens (tertiary/aromatic N) is 2. The smallest absolute Gasteiger partial charge is 0.232 e. The molecule has 1 aliphatic rings. The Hall–Kier alpha value is -1.76. The molecule has 7 heteroatoms. The number of alkyl halides is 1. The van der Waals surface area contributed by atoms with Crippen molar-refractivity contribution >= 4 is 33.0 Å². The zero-order valence-corrected chi connectivity index (χ0v) is 18.7. The highest BCUT2D eigenvalue weighted by atomic mass is 35.5. The van der Waals surface area contributed by atoms with Gasteiger partial charge in [-0.2, -0.15) is 0 Å². The zero-order valence-electron chi connectivity index (χ0n) is 17.1. The van der Waals surface area contributed by atoms with Crippen LogP contribution in [0.2, 0.25) is 0 Å². The van der Waals surface area contributed by atoms with Crippen LogP contribution in [0.3, 0.4) is 0 Å². The van der Waals surface area contributed by atoms with Gasteiger partial charge in [-0.25, -0.2) is 8.42 Å². The van der Waals surface area contributed by atoms with Crippen molar-refractivity contribution in [3.63, 3.8) is 0 Å². The molecular weight excluding hydrogens is 406 g/mol. The lowest BCUT2D eigenvalue weighted by molar-refractivity contribution is 0.313. The first-order valence-electron chi connectivity index (χ1n) is 10.0. The quantitative estimate of drug-likeness (QED) is 0.639. The van der Waals surface area contributed by atoms with E-state index in [0.717, 1.165) is 43.0 Å². The zero-order chi connectivity index (χ0) is 20.9. The van der Waals surface area contributed by atoms with Crippen molar-refractivity contribution in [2.45, 2.75) is 19.3 Å². The summed E-state index contributed by atoms with van der Waals surface area (Å²) in [5.74, 6) is 0.461. The third kappa shape index (κ3) is 6.11. The lowest BCUT2D eigenvalue weighted by atomic mass is 9.94. The molecule has 1 fully saturated rings. The van der Waals surface area contributed by atoms with E-state index in [2.05, 4.69) is 21.6 Å². The van der Waals surface area contributed by atoms with E-state index in [-0.39, 0.29) is 11.7 Å².